The lowest BCUT2D eigenvalue weighted by Gasteiger charge is -2.16. The van der Waals surface area contributed by atoms with Crippen LogP contribution in [-0.2, 0) is 13.1 Å². The monoisotopic (exact) mass is 394 g/mol. The van der Waals surface area contributed by atoms with Crippen LogP contribution in [0.25, 0.3) is 10.8 Å². The first-order valence-corrected chi connectivity index (χ1v) is 9.87. The minimum Gasteiger partial charge on any atom is -0.346 e. The number of rotatable bonds is 6. The van der Waals surface area contributed by atoms with Crippen molar-refractivity contribution >= 4 is 16.7 Å². The maximum absolute atomic E-state index is 13.9. The highest BCUT2D eigenvalue weighted by Crippen LogP contribution is 2.14. The molecule has 0 spiro atoms. The van der Waals surface area contributed by atoms with E-state index in [4.69, 9.17) is 0 Å². The third kappa shape index (κ3) is 4.19. The molecule has 1 aromatic heterocycles. The molecule has 4 rings (SSSR count). The first kappa shape index (κ1) is 19.3. The zero-order valence-electron chi connectivity index (χ0n) is 16.1. The molecular formula is C22H23FN4O2. The Morgan fingerprint density at radius 2 is 1.69 bits per heavy atom. The number of amides is 1. The van der Waals surface area contributed by atoms with Crippen LogP contribution in [0, 0.1) is 5.82 Å². The largest absolute Gasteiger partial charge is 0.346 e. The second kappa shape index (κ2) is 8.53. The summed E-state index contributed by atoms with van der Waals surface area (Å²) in [5.74, 6) is -1.08. The van der Waals surface area contributed by atoms with Crippen molar-refractivity contribution in [2.24, 2.45) is 0 Å². The summed E-state index contributed by atoms with van der Waals surface area (Å²) in [7, 11) is 0. The number of hydrogen-bond acceptors (Lipinski definition) is 4. The van der Waals surface area contributed by atoms with Crippen molar-refractivity contribution in [1.82, 2.24) is 20.0 Å². The molecule has 0 saturated carbocycles. The minimum absolute atomic E-state index is 0.0147. The van der Waals surface area contributed by atoms with E-state index in [1.165, 1.54) is 35.7 Å². The maximum Gasteiger partial charge on any atom is 0.274 e. The molecule has 6 nitrogen and oxygen atoms in total. The summed E-state index contributed by atoms with van der Waals surface area (Å²) in [6.45, 7) is 3.48. The average Bonchev–Trinajstić information content (AvgIpc) is 3.26. The van der Waals surface area contributed by atoms with Gasteiger partial charge in [-0.1, -0.05) is 30.3 Å². The molecule has 1 saturated heterocycles. The molecule has 0 aliphatic carbocycles. The highest BCUT2D eigenvalue weighted by Gasteiger charge is 2.16. The standard InChI is InChI=1S/C22H23FN4O2/c23-19-10-4-3-9-18(19)21(28)24-15-20-16-7-1-2-8-17(16)22(29)27(25-20)14-13-26-11-5-6-12-26/h1-4,7-10H,5-6,11-15H2,(H,24,28). The first-order chi connectivity index (χ1) is 14.1. The lowest BCUT2D eigenvalue weighted by atomic mass is 10.1. The predicted octanol–water partition coefficient (Wildman–Crippen LogP) is 2.56. The third-order valence-electron chi connectivity index (χ3n) is 5.31. The van der Waals surface area contributed by atoms with Crippen LogP contribution in [0.4, 0.5) is 4.39 Å². The average molecular weight is 394 g/mol. The highest BCUT2D eigenvalue weighted by atomic mass is 19.1. The van der Waals surface area contributed by atoms with Gasteiger partial charge in [0.1, 0.15) is 5.82 Å². The van der Waals surface area contributed by atoms with E-state index in [0.717, 1.165) is 19.6 Å². The van der Waals surface area contributed by atoms with Crippen molar-refractivity contribution in [3.05, 3.63) is 76.0 Å². The number of fused-ring (bicyclic) bond motifs is 1. The van der Waals surface area contributed by atoms with E-state index < -0.39 is 11.7 Å². The number of nitrogens with zero attached hydrogens (tertiary/aromatic N) is 3. The van der Waals surface area contributed by atoms with Crippen LogP contribution in [0.3, 0.4) is 0 Å². The van der Waals surface area contributed by atoms with E-state index in [2.05, 4.69) is 15.3 Å². The van der Waals surface area contributed by atoms with Crippen molar-refractivity contribution in [1.29, 1.82) is 0 Å². The van der Waals surface area contributed by atoms with E-state index in [1.807, 2.05) is 18.2 Å². The van der Waals surface area contributed by atoms with Gasteiger partial charge in [0.2, 0.25) is 0 Å². The Hall–Kier alpha value is -3.06. The molecule has 7 heteroatoms. The summed E-state index contributed by atoms with van der Waals surface area (Å²) in [5.41, 5.74) is 0.439. The molecule has 150 valence electrons. The third-order valence-corrected chi connectivity index (χ3v) is 5.31. The van der Waals surface area contributed by atoms with E-state index in [-0.39, 0.29) is 17.7 Å². The van der Waals surface area contributed by atoms with E-state index in [9.17, 15) is 14.0 Å². The van der Waals surface area contributed by atoms with E-state index >= 15 is 0 Å². The number of nitrogens with one attached hydrogen (secondary N) is 1. The predicted molar refractivity (Wildman–Crippen MR) is 109 cm³/mol. The van der Waals surface area contributed by atoms with Crippen LogP contribution in [0.1, 0.15) is 28.9 Å². The quantitative estimate of drug-likeness (QED) is 0.698. The molecule has 1 aliphatic rings. The van der Waals surface area contributed by atoms with Crippen LogP contribution >= 0.6 is 0 Å². The number of carbonyl (C=O) groups excluding carboxylic acids is 1. The molecule has 0 unspecified atom stereocenters. The second-order valence-corrected chi connectivity index (χ2v) is 7.23. The molecule has 1 fully saturated rings. The van der Waals surface area contributed by atoms with Crippen LogP contribution < -0.4 is 10.9 Å². The molecule has 29 heavy (non-hydrogen) atoms. The number of halogens is 1. The molecule has 2 heterocycles. The van der Waals surface area contributed by atoms with Crippen LogP contribution in [-0.4, -0.2) is 40.2 Å². The van der Waals surface area contributed by atoms with Gasteiger partial charge in [0.25, 0.3) is 11.5 Å². The Morgan fingerprint density at radius 3 is 2.45 bits per heavy atom. The molecular weight excluding hydrogens is 371 g/mol. The van der Waals surface area contributed by atoms with Gasteiger partial charge in [0.15, 0.2) is 0 Å². The van der Waals surface area contributed by atoms with Crippen molar-refractivity contribution in [3.8, 4) is 0 Å². The van der Waals surface area contributed by atoms with Gasteiger partial charge in [0.05, 0.1) is 29.7 Å². The zero-order valence-corrected chi connectivity index (χ0v) is 16.1. The fourth-order valence-corrected chi connectivity index (χ4v) is 3.73. The van der Waals surface area contributed by atoms with Gasteiger partial charge in [0, 0.05) is 11.9 Å². The Bertz CT molecular complexity index is 1090. The minimum atomic E-state index is -0.571. The van der Waals surface area contributed by atoms with Crippen molar-refractivity contribution in [2.75, 3.05) is 19.6 Å². The number of likely N-dealkylation sites (tertiary alicyclic amines) is 1. The first-order valence-electron chi connectivity index (χ1n) is 9.87. The summed E-state index contributed by atoms with van der Waals surface area (Å²) in [6.07, 6.45) is 2.38. The topological polar surface area (TPSA) is 67.2 Å². The van der Waals surface area contributed by atoms with Crippen molar-refractivity contribution in [2.45, 2.75) is 25.9 Å². The second-order valence-electron chi connectivity index (χ2n) is 7.23. The summed E-state index contributed by atoms with van der Waals surface area (Å²) < 4.78 is 15.3. The molecule has 0 atom stereocenters. The highest BCUT2D eigenvalue weighted by molar-refractivity contribution is 5.94. The SMILES string of the molecule is O=C(NCc1nn(CCN2CCCC2)c(=O)c2ccccc12)c1ccccc1F. The summed E-state index contributed by atoms with van der Waals surface area (Å²) >= 11 is 0. The Labute approximate surface area is 167 Å². The van der Waals surface area contributed by atoms with Gasteiger partial charge in [-0.15, -0.1) is 0 Å². The molecule has 1 N–H and O–H groups in total. The lowest BCUT2D eigenvalue weighted by Crippen LogP contribution is -2.32. The van der Waals surface area contributed by atoms with Gasteiger partial charge in [-0.05, 0) is 44.1 Å². The smallest absolute Gasteiger partial charge is 0.274 e. The van der Waals surface area contributed by atoms with Gasteiger partial charge < -0.3 is 10.2 Å². The zero-order chi connectivity index (χ0) is 20.2. The van der Waals surface area contributed by atoms with Gasteiger partial charge in [-0.2, -0.15) is 5.10 Å². The van der Waals surface area contributed by atoms with Crippen LogP contribution in [0.5, 0.6) is 0 Å². The Kier molecular flexibility index (Phi) is 5.67. The number of carbonyl (C=O) groups is 1. The number of hydrogen-bond donors (Lipinski definition) is 1. The van der Waals surface area contributed by atoms with Crippen LogP contribution in [0.15, 0.2) is 53.3 Å². The summed E-state index contributed by atoms with van der Waals surface area (Å²) in [6, 6.07) is 13.1. The van der Waals surface area contributed by atoms with E-state index in [0.29, 0.717) is 23.0 Å². The number of benzene rings is 2. The molecule has 3 aromatic rings. The number of aromatic nitrogens is 2. The fraction of sp³-hybridized carbons (Fsp3) is 0.318. The summed E-state index contributed by atoms with van der Waals surface area (Å²) in [5, 5.41) is 8.51. The Morgan fingerprint density at radius 1 is 1.00 bits per heavy atom. The van der Waals surface area contributed by atoms with Gasteiger partial charge >= 0.3 is 0 Å². The Balaban J connectivity index is 1.59. The molecule has 0 bridgehead atoms. The molecule has 1 aliphatic heterocycles. The molecule has 2 aromatic carbocycles. The van der Waals surface area contributed by atoms with Crippen molar-refractivity contribution in [3.63, 3.8) is 0 Å². The molecule has 1 amide bonds. The van der Waals surface area contributed by atoms with Gasteiger partial charge in [-0.25, -0.2) is 9.07 Å². The van der Waals surface area contributed by atoms with Gasteiger partial charge in [-0.3, -0.25) is 9.59 Å². The van der Waals surface area contributed by atoms with Crippen molar-refractivity contribution < 1.29 is 9.18 Å². The normalized spacial score (nSPS) is 14.4. The lowest BCUT2D eigenvalue weighted by molar-refractivity contribution is 0.0946. The fourth-order valence-electron chi connectivity index (χ4n) is 3.73. The van der Waals surface area contributed by atoms with E-state index in [1.54, 1.807) is 12.1 Å². The maximum atomic E-state index is 13.9. The van der Waals surface area contributed by atoms with Crippen LogP contribution in [0.2, 0.25) is 0 Å². The summed E-state index contributed by atoms with van der Waals surface area (Å²) in [4.78, 5) is 27.5. The molecule has 0 radical (unpaired) electrons.